The Morgan fingerprint density at radius 1 is 1.25 bits per heavy atom. The SMILES string of the molecule is CN1C(=O)NC(C)(C2CCCN(CC3CCC3)C2)C1=O. The number of urea groups is 1. The summed E-state index contributed by atoms with van der Waals surface area (Å²) in [5.41, 5.74) is -0.704. The first-order chi connectivity index (χ1) is 9.50. The van der Waals surface area contributed by atoms with Crippen LogP contribution >= 0.6 is 0 Å². The van der Waals surface area contributed by atoms with Crippen molar-refractivity contribution in [2.75, 3.05) is 26.7 Å². The highest BCUT2D eigenvalue weighted by Gasteiger charge is 2.51. The molecule has 3 fully saturated rings. The number of nitrogens with one attached hydrogen (secondary N) is 1. The summed E-state index contributed by atoms with van der Waals surface area (Å²) >= 11 is 0. The maximum atomic E-state index is 12.4. The van der Waals surface area contributed by atoms with Crippen molar-refractivity contribution < 1.29 is 9.59 Å². The highest BCUT2D eigenvalue weighted by Crippen LogP contribution is 2.34. The van der Waals surface area contributed by atoms with Gasteiger partial charge in [0.1, 0.15) is 5.54 Å². The van der Waals surface area contributed by atoms with Gasteiger partial charge in [-0.2, -0.15) is 0 Å². The third kappa shape index (κ3) is 2.22. The minimum atomic E-state index is -0.704. The second kappa shape index (κ2) is 5.02. The normalized spacial score (nSPS) is 36.1. The highest BCUT2D eigenvalue weighted by molar-refractivity contribution is 6.06. The summed E-state index contributed by atoms with van der Waals surface area (Å²) in [5.74, 6) is 1.02. The van der Waals surface area contributed by atoms with Crippen LogP contribution in [0.15, 0.2) is 0 Å². The van der Waals surface area contributed by atoms with Crippen molar-refractivity contribution in [3.8, 4) is 0 Å². The van der Waals surface area contributed by atoms with E-state index in [2.05, 4.69) is 10.2 Å². The van der Waals surface area contributed by atoms with Crippen LogP contribution in [0.25, 0.3) is 0 Å². The number of rotatable bonds is 3. The van der Waals surface area contributed by atoms with Crippen LogP contribution in [0.3, 0.4) is 0 Å². The quantitative estimate of drug-likeness (QED) is 0.795. The lowest BCUT2D eigenvalue weighted by Crippen LogP contribution is -2.56. The van der Waals surface area contributed by atoms with Gasteiger partial charge in [0, 0.05) is 26.1 Å². The van der Waals surface area contributed by atoms with Gasteiger partial charge in [-0.15, -0.1) is 0 Å². The number of piperidine rings is 1. The Balaban J connectivity index is 1.66. The number of hydrogen-bond donors (Lipinski definition) is 1. The number of likely N-dealkylation sites (N-methyl/N-ethyl adjacent to an activating group) is 1. The van der Waals surface area contributed by atoms with Crippen LogP contribution in [0, 0.1) is 11.8 Å². The van der Waals surface area contributed by atoms with Gasteiger partial charge in [0.15, 0.2) is 0 Å². The Kier molecular flexibility index (Phi) is 3.48. The lowest BCUT2D eigenvalue weighted by molar-refractivity contribution is -0.132. The van der Waals surface area contributed by atoms with E-state index in [9.17, 15) is 9.59 Å². The first-order valence-electron chi connectivity index (χ1n) is 7.83. The zero-order valence-electron chi connectivity index (χ0n) is 12.5. The lowest BCUT2D eigenvalue weighted by atomic mass is 9.79. The van der Waals surface area contributed by atoms with E-state index in [0.29, 0.717) is 0 Å². The van der Waals surface area contributed by atoms with E-state index in [0.717, 1.165) is 31.8 Å². The van der Waals surface area contributed by atoms with E-state index >= 15 is 0 Å². The van der Waals surface area contributed by atoms with E-state index in [4.69, 9.17) is 0 Å². The van der Waals surface area contributed by atoms with Crippen molar-refractivity contribution >= 4 is 11.9 Å². The van der Waals surface area contributed by atoms with Crippen molar-refractivity contribution in [3.05, 3.63) is 0 Å². The molecule has 1 aliphatic carbocycles. The Bertz CT molecular complexity index is 421. The molecule has 0 bridgehead atoms. The molecule has 2 aliphatic heterocycles. The largest absolute Gasteiger partial charge is 0.324 e. The summed E-state index contributed by atoms with van der Waals surface area (Å²) in [6.45, 7) is 5.15. The van der Waals surface area contributed by atoms with Gasteiger partial charge in [-0.3, -0.25) is 9.69 Å². The third-order valence-electron chi connectivity index (χ3n) is 5.48. The van der Waals surface area contributed by atoms with Crippen molar-refractivity contribution in [2.24, 2.45) is 11.8 Å². The fourth-order valence-electron chi connectivity index (χ4n) is 3.81. The summed E-state index contributed by atoms with van der Waals surface area (Å²) < 4.78 is 0. The van der Waals surface area contributed by atoms with Crippen LogP contribution < -0.4 is 5.32 Å². The Hall–Kier alpha value is -1.10. The number of nitrogens with zero attached hydrogens (tertiary/aromatic N) is 2. The van der Waals surface area contributed by atoms with Gasteiger partial charge in [0.05, 0.1) is 0 Å². The molecular formula is C15H25N3O2. The molecule has 0 aromatic carbocycles. The van der Waals surface area contributed by atoms with Crippen molar-refractivity contribution in [1.82, 2.24) is 15.1 Å². The van der Waals surface area contributed by atoms with Gasteiger partial charge in [0.25, 0.3) is 5.91 Å². The average Bonchev–Trinajstić information content (AvgIpc) is 2.59. The monoisotopic (exact) mass is 279 g/mol. The molecule has 2 saturated heterocycles. The number of carbonyl (C=O) groups excluding carboxylic acids is 2. The van der Waals surface area contributed by atoms with Gasteiger partial charge in [-0.05, 0) is 45.1 Å². The average molecular weight is 279 g/mol. The van der Waals surface area contributed by atoms with Crippen LogP contribution in [0.2, 0.25) is 0 Å². The molecule has 1 N–H and O–H groups in total. The smallest absolute Gasteiger partial charge is 0.323 e. The molecule has 3 aliphatic rings. The van der Waals surface area contributed by atoms with E-state index in [1.165, 1.54) is 30.7 Å². The van der Waals surface area contributed by atoms with Crippen molar-refractivity contribution in [3.63, 3.8) is 0 Å². The minimum Gasteiger partial charge on any atom is -0.323 e. The summed E-state index contributed by atoms with van der Waals surface area (Å²) in [7, 11) is 1.57. The molecule has 0 spiro atoms. The van der Waals surface area contributed by atoms with Crippen LogP contribution in [0.4, 0.5) is 4.79 Å². The highest BCUT2D eigenvalue weighted by atomic mass is 16.2. The second-order valence-electron chi connectivity index (χ2n) is 6.89. The topological polar surface area (TPSA) is 52.7 Å². The van der Waals surface area contributed by atoms with Crippen LogP contribution in [-0.2, 0) is 4.79 Å². The summed E-state index contributed by atoms with van der Waals surface area (Å²) in [6.07, 6.45) is 6.24. The predicted octanol–water partition coefficient (Wildman–Crippen LogP) is 1.44. The van der Waals surface area contributed by atoms with Gasteiger partial charge >= 0.3 is 6.03 Å². The van der Waals surface area contributed by atoms with Crippen LogP contribution in [-0.4, -0.2) is 54.0 Å². The van der Waals surface area contributed by atoms with Gasteiger partial charge in [-0.25, -0.2) is 4.79 Å². The number of hydrogen-bond acceptors (Lipinski definition) is 3. The Labute approximate surface area is 120 Å². The van der Waals surface area contributed by atoms with E-state index in [-0.39, 0.29) is 17.9 Å². The first-order valence-corrected chi connectivity index (χ1v) is 7.83. The Morgan fingerprint density at radius 2 is 2.00 bits per heavy atom. The fraction of sp³-hybridized carbons (Fsp3) is 0.867. The summed E-state index contributed by atoms with van der Waals surface area (Å²) in [6, 6.07) is -0.256. The molecule has 3 rings (SSSR count). The van der Waals surface area contributed by atoms with E-state index in [1.54, 1.807) is 7.05 Å². The molecule has 5 nitrogen and oxygen atoms in total. The van der Waals surface area contributed by atoms with E-state index < -0.39 is 5.54 Å². The first kappa shape index (κ1) is 13.9. The molecule has 2 heterocycles. The standard InChI is InChI=1S/C15H25N3O2/c1-15(13(19)17(2)14(20)16-15)12-7-4-8-18(10-12)9-11-5-3-6-11/h11-12H,3-10H2,1-2H3,(H,16,20). The molecular weight excluding hydrogens is 254 g/mol. The van der Waals surface area contributed by atoms with Gasteiger partial charge in [0.2, 0.25) is 0 Å². The zero-order valence-corrected chi connectivity index (χ0v) is 12.5. The molecule has 0 aromatic rings. The maximum Gasteiger partial charge on any atom is 0.324 e. The third-order valence-corrected chi connectivity index (χ3v) is 5.48. The molecule has 112 valence electrons. The van der Waals surface area contributed by atoms with E-state index in [1.807, 2.05) is 6.92 Å². The molecule has 1 saturated carbocycles. The molecule has 20 heavy (non-hydrogen) atoms. The number of amides is 3. The van der Waals surface area contributed by atoms with Crippen LogP contribution in [0.1, 0.15) is 39.0 Å². The summed E-state index contributed by atoms with van der Waals surface area (Å²) in [4.78, 5) is 27.8. The number of carbonyl (C=O) groups is 2. The predicted molar refractivity (Wildman–Crippen MR) is 76.2 cm³/mol. The summed E-state index contributed by atoms with van der Waals surface area (Å²) in [5, 5.41) is 2.91. The zero-order chi connectivity index (χ0) is 14.3. The van der Waals surface area contributed by atoms with Crippen molar-refractivity contribution in [1.29, 1.82) is 0 Å². The van der Waals surface area contributed by atoms with Gasteiger partial charge < -0.3 is 10.2 Å². The minimum absolute atomic E-state index is 0.0713. The lowest BCUT2D eigenvalue weighted by Gasteiger charge is -2.42. The second-order valence-corrected chi connectivity index (χ2v) is 6.89. The fourth-order valence-corrected chi connectivity index (χ4v) is 3.81. The molecule has 0 radical (unpaired) electrons. The molecule has 3 amide bonds. The molecule has 2 atom stereocenters. The molecule has 5 heteroatoms. The van der Waals surface area contributed by atoms with Gasteiger partial charge in [-0.1, -0.05) is 6.42 Å². The number of imide groups is 1. The number of likely N-dealkylation sites (tertiary alicyclic amines) is 1. The Morgan fingerprint density at radius 3 is 2.55 bits per heavy atom. The molecule has 2 unspecified atom stereocenters. The molecule has 0 aromatic heterocycles. The van der Waals surface area contributed by atoms with Crippen molar-refractivity contribution in [2.45, 2.75) is 44.6 Å². The van der Waals surface area contributed by atoms with Crippen LogP contribution in [0.5, 0.6) is 0 Å². The maximum absolute atomic E-state index is 12.4.